The molecule has 2 rings (SSSR count). The van der Waals surface area contributed by atoms with Crippen molar-refractivity contribution in [3.05, 3.63) is 41.3 Å². The maximum atomic E-state index is 12.0. The molecule has 1 aromatic carbocycles. The van der Waals surface area contributed by atoms with E-state index in [9.17, 15) is 15.2 Å². The van der Waals surface area contributed by atoms with Crippen LogP contribution in [0.2, 0.25) is 0 Å². The lowest BCUT2D eigenvalue weighted by atomic mass is 10.1. The smallest absolute Gasteiger partial charge is 0.229 e. The van der Waals surface area contributed by atoms with Crippen LogP contribution in [-0.2, 0) is 4.79 Å². The maximum Gasteiger partial charge on any atom is 0.229 e. The van der Waals surface area contributed by atoms with Gasteiger partial charge in [-0.05, 0) is 35.7 Å². The second kappa shape index (κ2) is 9.34. The van der Waals surface area contributed by atoms with Crippen LogP contribution in [0.5, 0.6) is 5.75 Å². The van der Waals surface area contributed by atoms with E-state index in [2.05, 4.69) is 11.4 Å². The highest BCUT2D eigenvalue weighted by Gasteiger charge is 2.17. The first-order chi connectivity index (χ1) is 12.4. The number of rotatable bonds is 8. The Morgan fingerprint density at radius 2 is 2.19 bits per heavy atom. The Hall–Kier alpha value is -2.40. The monoisotopic (exact) mass is 373 g/mol. The molecule has 138 valence electrons. The molecule has 0 spiro atoms. The molecular weight excluding hydrogens is 350 g/mol. The van der Waals surface area contributed by atoms with E-state index in [-0.39, 0.29) is 18.6 Å². The van der Waals surface area contributed by atoms with Gasteiger partial charge in [-0.15, -0.1) is 11.3 Å². The van der Waals surface area contributed by atoms with Crippen molar-refractivity contribution in [2.75, 3.05) is 18.1 Å². The van der Waals surface area contributed by atoms with Crippen molar-refractivity contribution < 1.29 is 14.6 Å². The molecule has 0 aliphatic rings. The third-order valence-electron chi connectivity index (χ3n) is 3.58. The van der Waals surface area contributed by atoms with Crippen molar-refractivity contribution in [3.63, 3.8) is 0 Å². The number of amides is 1. The predicted octanol–water partition coefficient (Wildman–Crippen LogP) is 3.04. The van der Waals surface area contributed by atoms with Gasteiger partial charge >= 0.3 is 0 Å². The Bertz CT molecular complexity index is 769. The molecule has 26 heavy (non-hydrogen) atoms. The molecule has 0 radical (unpaired) electrons. The van der Waals surface area contributed by atoms with Crippen molar-refractivity contribution in [2.24, 2.45) is 0 Å². The average Bonchev–Trinajstić information content (AvgIpc) is 3.12. The number of nitrogens with zero attached hydrogens (tertiary/aromatic N) is 2. The summed E-state index contributed by atoms with van der Waals surface area (Å²) >= 11 is 1.44. The van der Waals surface area contributed by atoms with E-state index in [1.165, 1.54) is 18.3 Å². The summed E-state index contributed by atoms with van der Waals surface area (Å²) in [4.78, 5) is 13.6. The SMILES string of the molecule is CC(=O)N(c1ccc(OCC(O)CNC(C)C)c(C#N)c1)c1cccs1. The second-order valence-corrected chi connectivity index (χ2v) is 7.05. The zero-order valence-electron chi connectivity index (χ0n) is 15.1. The van der Waals surface area contributed by atoms with Crippen molar-refractivity contribution in [1.82, 2.24) is 5.32 Å². The van der Waals surface area contributed by atoms with E-state index in [0.717, 1.165) is 5.00 Å². The van der Waals surface area contributed by atoms with Crippen LogP contribution in [-0.4, -0.2) is 36.3 Å². The fraction of sp³-hybridized carbons (Fsp3) is 0.368. The van der Waals surface area contributed by atoms with E-state index >= 15 is 0 Å². The molecule has 0 saturated carbocycles. The molecule has 0 bridgehead atoms. The summed E-state index contributed by atoms with van der Waals surface area (Å²) in [6.45, 7) is 5.96. The van der Waals surface area contributed by atoms with Gasteiger partial charge in [0.25, 0.3) is 0 Å². The minimum Gasteiger partial charge on any atom is -0.489 e. The van der Waals surface area contributed by atoms with Gasteiger partial charge in [0, 0.05) is 19.5 Å². The highest BCUT2D eigenvalue weighted by Crippen LogP contribution is 2.32. The van der Waals surface area contributed by atoms with Gasteiger partial charge in [0.1, 0.15) is 29.5 Å². The number of carbonyl (C=O) groups is 1. The number of anilines is 2. The number of aliphatic hydroxyl groups is 1. The molecule has 1 amide bonds. The summed E-state index contributed by atoms with van der Waals surface area (Å²) < 4.78 is 5.59. The Balaban J connectivity index is 2.14. The van der Waals surface area contributed by atoms with Crippen LogP contribution in [0.1, 0.15) is 26.3 Å². The van der Waals surface area contributed by atoms with Gasteiger partial charge in [0.2, 0.25) is 5.91 Å². The lowest BCUT2D eigenvalue weighted by Gasteiger charge is -2.20. The number of aliphatic hydroxyl groups excluding tert-OH is 1. The predicted molar refractivity (Wildman–Crippen MR) is 103 cm³/mol. The van der Waals surface area contributed by atoms with E-state index in [1.54, 1.807) is 23.1 Å². The Kier molecular flexibility index (Phi) is 7.16. The summed E-state index contributed by atoms with van der Waals surface area (Å²) in [5.74, 6) is 0.245. The van der Waals surface area contributed by atoms with Gasteiger partial charge in [-0.2, -0.15) is 5.26 Å². The minimum absolute atomic E-state index is 0.0785. The fourth-order valence-electron chi connectivity index (χ4n) is 2.35. The Morgan fingerprint density at radius 3 is 2.77 bits per heavy atom. The largest absolute Gasteiger partial charge is 0.489 e. The quantitative estimate of drug-likeness (QED) is 0.743. The average molecular weight is 373 g/mol. The number of thiophene rings is 1. The molecule has 1 heterocycles. The standard InChI is InChI=1S/C19H23N3O3S/c1-13(2)21-11-17(24)12-25-18-7-6-16(9-15(18)10-20)22(14(3)23)19-5-4-8-26-19/h4-9,13,17,21,24H,11-12H2,1-3H3. The summed E-state index contributed by atoms with van der Waals surface area (Å²) in [6, 6.07) is 11.1. The Morgan fingerprint density at radius 1 is 1.42 bits per heavy atom. The van der Waals surface area contributed by atoms with Gasteiger partial charge in [-0.25, -0.2) is 0 Å². The zero-order valence-corrected chi connectivity index (χ0v) is 15.9. The van der Waals surface area contributed by atoms with E-state index in [4.69, 9.17) is 4.74 Å². The van der Waals surface area contributed by atoms with Crippen molar-refractivity contribution >= 4 is 27.9 Å². The van der Waals surface area contributed by atoms with Gasteiger partial charge in [0.05, 0.1) is 11.3 Å². The number of carbonyl (C=O) groups excluding carboxylic acids is 1. The molecule has 0 aliphatic heterocycles. The third kappa shape index (κ3) is 5.30. The molecule has 0 saturated heterocycles. The first kappa shape index (κ1) is 19.9. The fourth-order valence-corrected chi connectivity index (χ4v) is 3.14. The number of hydrogen-bond acceptors (Lipinski definition) is 6. The molecule has 1 unspecified atom stereocenters. The number of nitrogens with one attached hydrogen (secondary N) is 1. The summed E-state index contributed by atoms with van der Waals surface area (Å²) in [5, 5.41) is 25.2. The summed E-state index contributed by atoms with van der Waals surface area (Å²) in [6.07, 6.45) is -0.677. The second-order valence-electron chi connectivity index (χ2n) is 6.13. The highest BCUT2D eigenvalue weighted by molar-refractivity contribution is 7.14. The molecule has 2 N–H and O–H groups in total. The zero-order chi connectivity index (χ0) is 19.1. The molecule has 1 aromatic heterocycles. The van der Waals surface area contributed by atoms with Gasteiger partial charge in [-0.1, -0.05) is 13.8 Å². The third-order valence-corrected chi connectivity index (χ3v) is 4.43. The molecule has 2 aromatic rings. The molecule has 0 fully saturated rings. The maximum absolute atomic E-state index is 12.0. The van der Waals surface area contributed by atoms with Gasteiger partial charge < -0.3 is 15.2 Å². The lowest BCUT2D eigenvalue weighted by molar-refractivity contribution is -0.115. The summed E-state index contributed by atoms with van der Waals surface area (Å²) in [5.41, 5.74) is 0.917. The molecule has 6 nitrogen and oxygen atoms in total. The van der Waals surface area contributed by atoms with Crippen LogP contribution in [0.15, 0.2) is 35.7 Å². The van der Waals surface area contributed by atoms with Gasteiger partial charge in [0.15, 0.2) is 0 Å². The van der Waals surface area contributed by atoms with E-state index in [0.29, 0.717) is 23.5 Å². The van der Waals surface area contributed by atoms with Gasteiger partial charge in [-0.3, -0.25) is 9.69 Å². The van der Waals surface area contributed by atoms with Crippen molar-refractivity contribution in [1.29, 1.82) is 5.26 Å². The van der Waals surface area contributed by atoms with Crippen LogP contribution < -0.4 is 15.0 Å². The number of nitriles is 1. The topological polar surface area (TPSA) is 85.6 Å². The molecular formula is C19H23N3O3S. The minimum atomic E-state index is -0.677. The van der Waals surface area contributed by atoms with Crippen LogP contribution in [0, 0.1) is 11.3 Å². The van der Waals surface area contributed by atoms with Crippen molar-refractivity contribution in [3.8, 4) is 11.8 Å². The molecule has 1 atom stereocenters. The van der Waals surface area contributed by atoms with Crippen LogP contribution >= 0.6 is 11.3 Å². The Labute approximate surface area is 157 Å². The number of ether oxygens (including phenoxy) is 1. The van der Waals surface area contributed by atoms with Crippen LogP contribution in [0.25, 0.3) is 0 Å². The van der Waals surface area contributed by atoms with E-state index < -0.39 is 6.10 Å². The summed E-state index contributed by atoms with van der Waals surface area (Å²) in [7, 11) is 0. The normalized spacial score (nSPS) is 11.8. The first-order valence-corrected chi connectivity index (χ1v) is 9.23. The lowest BCUT2D eigenvalue weighted by Crippen LogP contribution is -2.35. The number of hydrogen-bond donors (Lipinski definition) is 2. The van der Waals surface area contributed by atoms with Crippen LogP contribution in [0.3, 0.4) is 0 Å². The molecule has 0 aliphatic carbocycles. The first-order valence-electron chi connectivity index (χ1n) is 8.35. The van der Waals surface area contributed by atoms with E-state index in [1.807, 2.05) is 31.4 Å². The molecule has 7 heteroatoms. The number of benzene rings is 1. The van der Waals surface area contributed by atoms with Crippen molar-refractivity contribution in [2.45, 2.75) is 32.9 Å². The van der Waals surface area contributed by atoms with Crippen LogP contribution in [0.4, 0.5) is 10.7 Å². The highest BCUT2D eigenvalue weighted by atomic mass is 32.1.